The van der Waals surface area contributed by atoms with Gasteiger partial charge in [-0.05, 0) is 61.0 Å². The van der Waals surface area contributed by atoms with Crippen molar-refractivity contribution in [2.45, 2.75) is 19.1 Å². The van der Waals surface area contributed by atoms with Gasteiger partial charge in [0.1, 0.15) is 11.2 Å². The molecule has 0 bridgehead atoms. The fraction of sp³-hybridized carbons (Fsp3) is 0.250. The first-order chi connectivity index (χ1) is 15.9. The van der Waals surface area contributed by atoms with Gasteiger partial charge in [0.05, 0.1) is 18.2 Å². The van der Waals surface area contributed by atoms with E-state index in [0.29, 0.717) is 22.1 Å². The lowest BCUT2D eigenvalue weighted by molar-refractivity contribution is 0.0729. The Balaban J connectivity index is 1.38. The topological polar surface area (TPSA) is 79.9 Å². The third-order valence-corrected chi connectivity index (χ3v) is 7.23. The maximum atomic E-state index is 13.0. The van der Waals surface area contributed by atoms with Gasteiger partial charge in [0.15, 0.2) is 11.5 Å². The largest absolute Gasteiger partial charge is 0.493 e. The highest BCUT2D eigenvalue weighted by Gasteiger charge is 2.33. The van der Waals surface area contributed by atoms with Crippen LogP contribution in [0.4, 0.5) is 5.00 Å². The second-order valence-electron chi connectivity index (χ2n) is 8.05. The molecule has 1 aromatic heterocycles. The molecule has 9 heteroatoms. The van der Waals surface area contributed by atoms with Crippen LogP contribution in [0.2, 0.25) is 5.02 Å². The van der Waals surface area contributed by atoms with Gasteiger partial charge in [-0.25, -0.2) is 4.79 Å². The Labute approximate surface area is 200 Å². The summed E-state index contributed by atoms with van der Waals surface area (Å²) in [6, 6.07) is 11.7. The standard InChI is InChI=1S/C24H22ClN3O4S/c1-28-10-9-16-19(12-28)33-23-20(16)22(29)26-21(27-23)14-5-8-17(18(11-14)31-2)32-24(30)13-3-6-15(25)7-4-13/h3-8,11,21,27H,9-10,12H2,1-2H3,(H,26,29)/t21-/m0/s1. The molecule has 2 aromatic carbocycles. The molecule has 2 aliphatic rings. The van der Waals surface area contributed by atoms with Gasteiger partial charge in [0.2, 0.25) is 0 Å². The summed E-state index contributed by atoms with van der Waals surface area (Å²) in [4.78, 5) is 28.9. The van der Waals surface area contributed by atoms with E-state index in [1.54, 1.807) is 53.8 Å². The highest BCUT2D eigenvalue weighted by molar-refractivity contribution is 7.16. The second-order valence-corrected chi connectivity index (χ2v) is 9.59. The van der Waals surface area contributed by atoms with Gasteiger partial charge in [0, 0.05) is 23.0 Å². The number of rotatable bonds is 4. The Hall–Kier alpha value is -3.07. The number of fused-ring (bicyclic) bond motifs is 3. The van der Waals surface area contributed by atoms with E-state index in [1.807, 2.05) is 0 Å². The molecule has 0 unspecified atom stereocenters. The van der Waals surface area contributed by atoms with Crippen LogP contribution in [-0.2, 0) is 13.0 Å². The monoisotopic (exact) mass is 483 g/mol. The van der Waals surface area contributed by atoms with E-state index >= 15 is 0 Å². The molecule has 5 rings (SSSR count). The number of likely N-dealkylation sites (N-methyl/N-ethyl adjacent to an activating group) is 1. The smallest absolute Gasteiger partial charge is 0.343 e. The number of esters is 1. The van der Waals surface area contributed by atoms with Gasteiger partial charge in [-0.2, -0.15) is 0 Å². The molecule has 0 fully saturated rings. The number of amides is 1. The molecule has 2 N–H and O–H groups in total. The minimum absolute atomic E-state index is 0.0759. The van der Waals surface area contributed by atoms with Crippen molar-refractivity contribution in [2.75, 3.05) is 26.0 Å². The molecule has 0 aliphatic carbocycles. The normalized spacial score (nSPS) is 17.4. The molecule has 1 atom stereocenters. The number of carbonyl (C=O) groups excluding carboxylic acids is 2. The van der Waals surface area contributed by atoms with E-state index in [1.165, 1.54) is 12.0 Å². The Morgan fingerprint density at radius 1 is 1.15 bits per heavy atom. The van der Waals surface area contributed by atoms with Crippen molar-refractivity contribution in [1.29, 1.82) is 0 Å². The van der Waals surface area contributed by atoms with Gasteiger partial charge in [-0.1, -0.05) is 17.7 Å². The zero-order valence-corrected chi connectivity index (χ0v) is 19.7. The first-order valence-electron chi connectivity index (χ1n) is 10.5. The lowest BCUT2D eigenvalue weighted by Gasteiger charge is -2.27. The quantitative estimate of drug-likeness (QED) is 0.421. The molecule has 170 valence electrons. The lowest BCUT2D eigenvalue weighted by atomic mass is 10.0. The molecule has 33 heavy (non-hydrogen) atoms. The fourth-order valence-corrected chi connectivity index (χ4v) is 5.58. The van der Waals surface area contributed by atoms with E-state index in [-0.39, 0.29) is 5.91 Å². The van der Waals surface area contributed by atoms with E-state index in [0.717, 1.165) is 41.2 Å². The first kappa shape index (κ1) is 21.8. The highest BCUT2D eigenvalue weighted by atomic mass is 35.5. The van der Waals surface area contributed by atoms with E-state index in [2.05, 4.69) is 22.6 Å². The summed E-state index contributed by atoms with van der Waals surface area (Å²) in [6.45, 7) is 1.80. The van der Waals surface area contributed by atoms with Crippen LogP contribution < -0.4 is 20.1 Å². The average Bonchev–Trinajstić information content (AvgIpc) is 3.17. The summed E-state index contributed by atoms with van der Waals surface area (Å²) in [7, 11) is 3.60. The first-order valence-corrected chi connectivity index (χ1v) is 11.7. The maximum absolute atomic E-state index is 13.0. The molecule has 2 aliphatic heterocycles. The van der Waals surface area contributed by atoms with E-state index < -0.39 is 12.1 Å². The van der Waals surface area contributed by atoms with Gasteiger partial charge >= 0.3 is 5.97 Å². The van der Waals surface area contributed by atoms with Crippen LogP contribution in [-0.4, -0.2) is 37.5 Å². The maximum Gasteiger partial charge on any atom is 0.343 e. The number of carbonyl (C=O) groups is 2. The lowest BCUT2D eigenvalue weighted by Crippen LogP contribution is -2.38. The van der Waals surface area contributed by atoms with Crippen molar-refractivity contribution in [3.63, 3.8) is 0 Å². The van der Waals surface area contributed by atoms with Gasteiger partial charge in [0.25, 0.3) is 5.91 Å². The average molecular weight is 484 g/mol. The van der Waals surface area contributed by atoms with Crippen molar-refractivity contribution in [3.05, 3.63) is 74.6 Å². The number of nitrogens with one attached hydrogen (secondary N) is 2. The predicted octanol–water partition coefficient (Wildman–Crippen LogP) is 4.47. The van der Waals surface area contributed by atoms with Crippen LogP contribution in [0.25, 0.3) is 0 Å². The van der Waals surface area contributed by atoms with Gasteiger partial charge in [-0.3, -0.25) is 4.79 Å². The van der Waals surface area contributed by atoms with Crippen molar-refractivity contribution in [3.8, 4) is 11.5 Å². The summed E-state index contributed by atoms with van der Waals surface area (Å²) < 4.78 is 11.0. The third kappa shape index (κ3) is 4.17. The predicted molar refractivity (Wildman–Crippen MR) is 128 cm³/mol. The van der Waals surface area contributed by atoms with Crippen molar-refractivity contribution < 1.29 is 19.1 Å². The number of hydrogen-bond acceptors (Lipinski definition) is 7. The van der Waals surface area contributed by atoms with Crippen molar-refractivity contribution in [2.24, 2.45) is 0 Å². The van der Waals surface area contributed by atoms with E-state index in [4.69, 9.17) is 21.1 Å². The summed E-state index contributed by atoms with van der Waals surface area (Å²) in [6.07, 6.45) is 0.455. The van der Waals surface area contributed by atoms with Gasteiger partial charge < -0.3 is 25.0 Å². The molecule has 0 saturated carbocycles. The number of halogens is 1. The SMILES string of the molecule is COc1cc([C@H]2NC(=O)c3c(sc4c3CCN(C)C4)N2)ccc1OC(=O)c1ccc(Cl)cc1. The molecule has 3 aromatic rings. The van der Waals surface area contributed by atoms with Crippen LogP contribution >= 0.6 is 22.9 Å². The second kappa shape index (κ2) is 8.70. The minimum atomic E-state index is -0.513. The van der Waals surface area contributed by atoms with Crippen LogP contribution in [0.5, 0.6) is 11.5 Å². The van der Waals surface area contributed by atoms with Crippen LogP contribution in [0.15, 0.2) is 42.5 Å². The number of nitrogens with zero attached hydrogens (tertiary/aromatic N) is 1. The number of methoxy groups -OCH3 is 1. The number of hydrogen-bond donors (Lipinski definition) is 2. The van der Waals surface area contributed by atoms with Crippen LogP contribution in [0.1, 0.15) is 42.9 Å². The molecule has 7 nitrogen and oxygen atoms in total. The highest BCUT2D eigenvalue weighted by Crippen LogP contribution is 2.41. The molecular weight excluding hydrogens is 462 g/mol. The number of thiophene rings is 1. The molecule has 0 radical (unpaired) electrons. The Morgan fingerprint density at radius 3 is 2.70 bits per heavy atom. The number of anilines is 1. The molecule has 0 saturated heterocycles. The van der Waals surface area contributed by atoms with Gasteiger partial charge in [-0.15, -0.1) is 11.3 Å². The van der Waals surface area contributed by atoms with Crippen molar-refractivity contribution >= 4 is 39.8 Å². The molecule has 0 spiro atoms. The Kier molecular flexibility index (Phi) is 5.74. The zero-order chi connectivity index (χ0) is 23.1. The summed E-state index contributed by atoms with van der Waals surface area (Å²) in [5.41, 5.74) is 3.09. The molecule has 1 amide bonds. The van der Waals surface area contributed by atoms with Crippen LogP contribution in [0.3, 0.4) is 0 Å². The van der Waals surface area contributed by atoms with Crippen LogP contribution in [0, 0.1) is 0 Å². The Bertz CT molecular complexity index is 1240. The fourth-order valence-electron chi connectivity index (χ4n) is 4.10. The summed E-state index contributed by atoms with van der Waals surface area (Å²) in [5, 5.41) is 7.93. The minimum Gasteiger partial charge on any atom is -0.493 e. The summed E-state index contributed by atoms with van der Waals surface area (Å²) >= 11 is 7.52. The van der Waals surface area contributed by atoms with E-state index in [9.17, 15) is 9.59 Å². The third-order valence-electron chi connectivity index (χ3n) is 5.83. The zero-order valence-electron chi connectivity index (χ0n) is 18.1. The molecular formula is C24H22ClN3O4S. The molecule has 3 heterocycles. The summed E-state index contributed by atoms with van der Waals surface area (Å²) in [5.74, 6) is 0.0935. The number of ether oxygens (including phenoxy) is 2. The Morgan fingerprint density at radius 2 is 1.94 bits per heavy atom. The van der Waals surface area contributed by atoms with Crippen molar-refractivity contribution in [1.82, 2.24) is 10.2 Å². The number of benzene rings is 2.